The zero-order valence-corrected chi connectivity index (χ0v) is 15.5. The van der Waals surface area contributed by atoms with Crippen LogP contribution in [0.25, 0.3) is 0 Å². The summed E-state index contributed by atoms with van der Waals surface area (Å²) in [7, 11) is 0. The van der Waals surface area contributed by atoms with Gasteiger partial charge in [-0.2, -0.15) is 0 Å². The molecule has 2 heterocycles. The predicted octanol–water partition coefficient (Wildman–Crippen LogP) is 1.09. The Morgan fingerprint density at radius 2 is 2.11 bits per heavy atom. The second-order valence-electron chi connectivity index (χ2n) is 6.47. The third kappa shape index (κ3) is 5.21. The van der Waals surface area contributed by atoms with E-state index < -0.39 is 11.5 Å². The minimum Gasteiger partial charge on any atom is -0.490 e. The summed E-state index contributed by atoms with van der Waals surface area (Å²) in [6, 6.07) is 6.87. The lowest BCUT2D eigenvalue weighted by Crippen LogP contribution is -2.58. The van der Waals surface area contributed by atoms with Gasteiger partial charge < -0.3 is 24.7 Å². The number of imidazole rings is 1. The molecule has 1 fully saturated rings. The molecule has 1 saturated heterocycles. The Hall–Kier alpha value is -2.58. The molecule has 2 amide bonds. The first-order valence-electron chi connectivity index (χ1n) is 8.50. The van der Waals surface area contributed by atoms with E-state index in [9.17, 15) is 9.59 Å². The van der Waals surface area contributed by atoms with E-state index in [1.54, 1.807) is 52.5 Å². The van der Waals surface area contributed by atoms with Crippen molar-refractivity contribution in [3.05, 3.63) is 48.0 Å². The van der Waals surface area contributed by atoms with Crippen molar-refractivity contribution in [1.29, 1.82) is 0 Å². The fourth-order valence-electron chi connectivity index (χ4n) is 3.00. The fraction of sp³-hybridized carbons (Fsp3) is 0.389. The Bertz CT molecular complexity index is 781. The summed E-state index contributed by atoms with van der Waals surface area (Å²) in [5.41, 5.74) is 4.43. The molecular weight excluding hydrogens is 372 g/mol. The largest absolute Gasteiger partial charge is 0.490 e. The number of amides is 2. The summed E-state index contributed by atoms with van der Waals surface area (Å²) in [4.78, 5) is 29.8. The maximum absolute atomic E-state index is 12.6. The number of carbonyl (C=O) groups is 2. The number of nitrogens with two attached hydrogens (primary N) is 1. The average Bonchev–Trinajstić information content (AvgIpc) is 3.14. The van der Waals surface area contributed by atoms with Crippen LogP contribution in [0.4, 0.5) is 0 Å². The maximum atomic E-state index is 12.6. The molecule has 0 aliphatic carbocycles. The molecule has 1 aromatic carbocycles. The van der Waals surface area contributed by atoms with E-state index in [2.05, 4.69) is 4.98 Å². The lowest BCUT2D eigenvalue weighted by molar-refractivity contribution is -0.162. The normalized spacial score (nSPS) is 19.7. The van der Waals surface area contributed by atoms with Gasteiger partial charge in [-0.05, 0) is 24.3 Å². The van der Waals surface area contributed by atoms with Gasteiger partial charge in [0.05, 0.1) is 25.9 Å². The first kappa shape index (κ1) is 19.2. The summed E-state index contributed by atoms with van der Waals surface area (Å²) in [6.07, 6.45) is 4.87. The van der Waals surface area contributed by atoms with Gasteiger partial charge in [0.1, 0.15) is 24.5 Å². The Kier molecular flexibility index (Phi) is 5.98. The van der Waals surface area contributed by atoms with Crippen LogP contribution >= 0.6 is 11.6 Å². The predicted molar refractivity (Wildman–Crippen MR) is 98.2 cm³/mol. The molecule has 27 heavy (non-hydrogen) atoms. The smallest absolute Gasteiger partial charge is 0.242 e. The van der Waals surface area contributed by atoms with E-state index in [0.717, 1.165) is 0 Å². The number of benzene rings is 1. The van der Waals surface area contributed by atoms with Crippen LogP contribution < -0.4 is 10.5 Å². The van der Waals surface area contributed by atoms with Crippen LogP contribution in [-0.2, 0) is 20.9 Å². The number of hydrogen-bond acceptors (Lipinski definition) is 5. The van der Waals surface area contributed by atoms with Gasteiger partial charge in [0.2, 0.25) is 11.8 Å². The number of hydrogen-bond donors (Lipinski definition) is 1. The molecule has 3 rings (SSSR count). The van der Waals surface area contributed by atoms with Gasteiger partial charge in [-0.3, -0.25) is 9.59 Å². The van der Waals surface area contributed by atoms with E-state index in [1.807, 2.05) is 0 Å². The second-order valence-corrected chi connectivity index (χ2v) is 6.90. The summed E-state index contributed by atoms with van der Waals surface area (Å²) in [5, 5.41) is 0.597. The van der Waals surface area contributed by atoms with E-state index in [4.69, 9.17) is 26.8 Å². The van der Waals surface area contributed by atoms with Crippen LogP contribution in [0, 0.1) is 0 Å². The maximum Gasteiger partial charge on any atom is 0.242 e. The van der Waals surface area contributed by atoms with E-state index in [0.29, 0.717) is 23.9 Å². The summed E-state index contributed by atoms with van der Waals surface area (Å²) >= 11 is 5.88. The number of nitrogens with zero attached hydrogens (tertiary/aromatic N) is 3. The summed E-state index contributed by atoms with van der Waals surface area (Å²) in [6.45, 7) is 1.22. The average molecular weight is 393 g/mol. The van der Waals surface area contributed by atoms with Crippen LogP contribution in [0.5, 0.6) is 5.75 Å². The highest BCUT2D eigenvalue weighted by Crippen LogP contribution is 2.25. The third-order valence-electron chi connectivity index (χ3n) is 4.29. The van der Waals surface area contributed by atoms with Crippen molar-refractivity contribution >= 4 is 23.4 Å². The standard InChI is InChI=1S/C18H21ClN4O4/c19-14-1-3-15(4-2-14)26-12-18(9-16(20)24)11-23(7-8-27-18)17(25)10-22-6-5-21-13-22/h1-6,13H,7-12H2,(H2,20,24)/t18-/m1/s1. The quantitative estimate of drug-likeness (QED) is 0.760. The molecule has 1 atom stereocenters. The van der Waals surface area contributed by atoms with Gasteiger partial charge in [-0.25, -0.2) is 4.98 Å². The van der Waals surface area contributed by atoms with Crippen molar-refractivity contribution in [3.63, 3.8) is 0 Å². The zero-order chi connectivity index (χ0) is 19.3. The number of halogens is 1. The number of aromatic nitrogens is 2. The first-order chi connectivity index (χ1) is 13.0. The molecule has 0 saturated carbocycles. The van der Waals surface area contributed by atoms with Gasteiger partial charge >= 0.3 is 0 Å². The minimum atomic E-state index is -0.992. The Balaban J connectivity index is 1.69. The number of ether oxygens (including phenoxy) is 2. The summed E-state index contributed by atoms with van der Waals surface area (Å²) < 4.78 is 13.4. The van der Waals surface area contributed by atoms with Crippen molar-refractivity contribution < 1.29 is 19.1 Å². The molecule has 1 aromatic heterocycles. The van der Waals surface area contributed by atoms with Crippen LogP contribution in [0.3, 0.4) is 0 Å². The molecule has 8 nitrogen and oxygen atoms in total. The first-order valence-corrected chi connectivity index (χ1v) is 8.88. The van der Waals surface area contributed by atoms with Crippen LogP contribution in [0.1, 0.15) is 6.42 Å². The van der Waals surface area contributed by atoms with Crippen molar-refractivity contribution in [2.24, 2.45) is 5.73 Å². The Morgan fingerprint density at radius 3 is 2.78 bits per heavy atom. The molecule has 2 N–H and O–H groups in total. The minimum absolute atomic E-state index is 0.0462. The van der Waals surface area contributed by atoms with Crippen molar-refractivity contribution in [2.75, 3.05) is 26.3 Å². The molecule has 0 bridgehead atoms. The van der Waals surface area contributed by atoms with E-state index >= 15 is 0 Å². The topological polar surface area (TPSA) is 99.7 Å². The number of carbonyl (C=O) groups excluding carboxylic acids is 2. The molecule has 0 radical (unpaired) electrons. The molecule has 0 unspecified atom stereocenters. The van der Waals surface area contributed by atoms with Gasteiger partial charge in [0.15, 0.2) is 0 Å². The lowest BCUT2D eigenvalue weighted by Gasteiger charge is -2.42. The van der Waals surface area contributed by atoms with Crippen molar-refractivity contribution in [2.45, 2.75) is 18.6 Å². The highest BCUT2D eigenvalue weighted by molar-refractivity contribution is 6.30. The van der Waals surface area contributed by atoms with E-state index in [1.165, 1.54) is 0 Å². The molecular formula is C18H21ClN4O4. The highest BCUT2D eigenvalue weighted by atomic mass is 35.5. The fourth-order valence-corrected chi connectivity index (χ4v) is 3.13. The van der Waals surface area contributed by atoms with Gasteiger partial charge in [-0.15, -0.1) is 0 Å². The molecule has 1 aliphatic rings. The third-order valence-corrected chi connectivity index (χ3v) is 4.54. The Labute approximate surface area is 161 Å². The number of rotatable bonds is 7. The van der Waals surface area contributed by atoms with Crippen LogP contribution in [-0.4, -0.2) is 58.2 Å². The zero-order valence-electron chi connectivity index (χ0n) is 14.7. The van der Waals surface area contributed by atoms with Crippen LogP contribution in [0.15, 0.2) is 43.0 Å². The van der Waals surface area contributed by atoms with Crippen LogP contribution in [0.2, 0.25) is 5.02 Å². The van der Waals surface area contributed by atoms with Crippen molar-refractivity contribution in [3.8, 4) is 5.75 Å². The lowest BCUT2D eigenvalue weighted by atomic mass is 9.97. The van der Waals surface area contributed by atoms with Crippen molar-refractivity contribution in [1.82, 2.24) is 14.5 Å². The van der Waals surface area contributed by atoms with Gasteiger partial charge in [-0.1, -0.05) is 11.6 Å². The van der Waals surface area contributed by atoms with Gasteiger partial charge in [0, 0.05) is 24.0 Å². The SMILES string of the molecule is NC(=O)C[C@]1(COc2ccc(Cl)cc2)CN(C(=O)Cn2ccnc2)CCO1. The van der Waals surface area contributed by atoms with E-state index in [-0.39, 0.29) is 32.0 Å². The number of primary amides is 1. The highest BCUT2D eigenvalue weighted by Gasteiger charge is 2.40. The summed E-state index contributed by atoms with van der Waals surface area (Å²) in [5.74, 6) is -0.0102. The Morgan fingerprint density at radius 1 is 1.33 bits per heavy atom. The van der Waals surface area contributed by atoms with Gasteiger partial charge in [0.25, 0.3) is 0 Å². The molecule has 0 spiro atoms. The molecule has 2 aromatic rings. The number of morpholine rings is 1. The second kappa shape index (κ2) is 8.41. The molecule has 9 heteroatoms. The molecule has 1 aliphatic heterocycles. The molecule has 144 valence electrons. The monoisotopic (exact) mass is 392 g/mol.